The molecular formula is C11H16N2O2S. The summed E-state index contributed by atoms with van der Waals surface area (Å²) >= 11 is 1.43. The molecule has 0 bridgehead atoms. The monoisotopic (exact) mass is 240 g/mol. The van der Waals surface area contributed by atoms with Crippen molar-refractivity contribution in [2.24, 2.45) is 0 Å². The fourth-order valence-corrected chi connectivity index (χ4v) is 1.97. The number of carbonyl (C=O) groups excluding carboxylic acids is 2. The van der Waals surface area contributed by atoms with Gasteiger partial charge in [-0.1, -0.05) is 6.07 Å². The predicted molar refractivity (Wildman–Crippen MR) is 64.8 cm³/mol. The van der Waals surface area contributed by atoms with Crippen molar-refractivity contribution in [2.45, 2.75) is 6.92 Å². The van der Waals surface area contributed by atoms with Crippen LogP contribution in [0, 0.1) is 0 Å². The average Bonchev–Trinajstić information content (AvgIpc) is 2.69. The number of thiophene rings is 1. The van der Waals surface area contributed by atoms with Gasteiger partial charge in [0.15, 0.2) is 5.78 Å². The van der Waals surface area contributed by atoms with Crippen molar-refractivity contribution in [2.75, 3.05) is 26.7 Å². The second kappa shape index (κ2) is 6.40. The van der Waals surface area contributed by atoms with Crippen LogP contribution in [0.3, 0.4) is 0 Å². The van der Waals surface area contributed by atoms with E-state index in [0.29, 0.717) is 6.54 Å². The number of nitrogens with zero attached hydrogens (tertiary/aromatic N) is 1. The highest BCUT2D eigenvalue weighted by molar-refractivity contribution is 7.12. The summed E-state index contributed by atoms with van der Waals surface area (Å²) in [5, 5.41) is 4.57. The van der Waals surface area contributed by atoms with E-state index in [1.165, 1.54) is 11.3 Å². The van der Waals surface area contributed by atoms with Crippen LogP contribution in [0.5, 0.6) is 0 Å². The zero-order valence-electron chi connectivity index (χ0n) is 9.53. The van der Waals surface area contributed by atoms with E-state index in [4.69, 9.17) is 0 Å². The van der Waals surface area contributed by atoms with Crippen LogP contribution in [0.1, 0.15) is 16.6 Å². The third kappa shape index (κ3) is 4.12. The van der Waals surface area contributed by atoms with Crippen LogP contribution in [-0.2, 0) is 4.79 Å². The zero-order chi connectivity index (χ0) is 12.0. The van der Waals surface area contributed by atoms with Crippen molar-refractivity contribution in [1.29, 1.82) is 0 Å². The molecule has 0 atom stereocenters. The Morgan fingerprint density at radius 3 is 2.75 bits per heavy atom. The molecule has 0 fully saturated rings. The maximum absolute atomic E-state index is 11.7. The van der Waals surface area contributed by atoms with E-state index in [9.17, 15) is 9.59 Å². The third-order valence-electron chi connectivity index (χ3n) is 2.00. The average molecular weight is 240 g/mol. The molecule has 0 aliphatic heterocycles. The Labute approximate surface area is 99.3 Å². The molecule has 88 valence electrons. The summed E-state index contributed by atoms with van der Waals surface area (Å²) in [4.78, 5) is 25.4. The molecule has 0 aliphatic carbocycles. The SMILES string of the molecule is CCNC(=O)CN(C)CC(=O)c1cccs1. The number of Topliss-reactive ketones (excluding diaryl/α,β-unsaturated/α-hetero) is 1. The lowest BCUT2D eigenvalue weighted by molar-refractivity contribution is -0.121. The number of hydrogen-bond acceptors (Lipinski definition) is 4. The molecule has 0 unspecified atom stereocenters. The molecule has 0 saturated carbocycles. The minimum absolute atomic E-state index is 0.0519. The Bertz CT molecular complexity index is 349. The van der Waals surface area contributed by atoms with Crippen molar-refractivity contribution in [3.63, 3.8) is 0 Å². The van der Waals surface area contributed by atoms with E-state index < -0.39 is 0 Å². The van der Waals surface area contributed by atoms with Gasteiger partial charge in [0.2, 0.25) is 5.91 Å². The Morgan fingerprint density at radius 1 is 1.44 bits per heavy atom. The Morgan fingerprint density at radius 2 is 2.19 bits per heavy atom. The molecule has 0 aromatic carbocycles. The summed E-state index contributed by atoms with van der Waals surface area (Å²) in [6, 6.07) is 3.65. The molecule has 1 N–H and O–H groups in total. The number of ketones is 1. The molecule has 1 amide bonds. The highest BCUT2D eigenvalue weighted by Crippen LogP contribution is 2.09. The number of nitrogens with one attached hydrogen (secondary N) is 1. The van der Waals surface area contributed by atoms with E-state index >= 15 is 0 Å². The van der Waals surface area contributed by atoms with Crippen LogP contribution in [0.2, 0.25) is 0 Å². The van der Waals surface area contributed by atoms with E-state index in [1.54, 1.807) is 18.0 Å². The van der Waals surface area contributed by atoms with Crippen LogP contribution in [0.25, 0.3) is 0 Å². The maximum atomic E-state index is 11.7. The lowest BCUT2D eigenvalue weighted by Gasteiger charge is -2.14. The standard InChI is InChI=1S/C11H16N2O2S/c1-3-12-11(15)8-13(2)7-9(14)10-5-4-6-16-10/h4-6H,3,7-8H2,1-2H3,(H,12,15). The minimum atomic E-state index is -0.0519. The van der Waals surface area contributed by atoms with Gasteiger partial charge in [0.25, 0.3) is 0 Å². The van der Waals surface area contributed by atoms with E-state index in [1.807, 2.05) is 18.4 Å². The van der Waals surface area contributed by atoms with Crippen molar-refractivity contribution in [1.82, 2.24) is 10.2 Å². The number of rotatable bonds is 6. The molecular weight excluding hydrogens is 224 g/mol. The summed E-state index contributed by atoms with van der Waals surface area (Å²) in [5.41, 5.74) is 0. The highest BCUT2D eigenvalue weighted by Gasteiger charge is 2.12. The number of carbonyl (C=O) groups is 2. The summed E-state index contributed by atoms with van der Waals surface area (Å²) in [6.45, 7) is 3.02. The van der Waals surface area contributed by atoms with Crippen LogP contribution in [0.15, 0.2) is 17.5 Å². The van der Waals surface area contributed by atoms with Crippen LogP contribution >= 0.6 is 11.3 Å². The number of hydrogen-bond donors (Lipinski definition) is 1. The minimum Gasteiger partial charge on any atom is -0.355 e. The Kier molecular flexibility index (Phi) is 5.14. The lowest BCUT2D eigenvalue weighted by Crippen LogP contribution is -2.37. The van der Waals surface area contributed by atoms with Crippen molar-refractivity contribution in [3.8, 4) is 0 Å². The van der Waals surface area contributed by atoms with Gasteiger partial charge in [0.05, 0.1) is 18.0 Å². The molecule has 0 spiro atoms. The van der Waals surface area contributed by atoms with Gasteiger partial charge in [-0.15, -0.1) is 11.3 Å². The molecule has 16 heavy (non-hydrogen) atoms. The topological polar surface area (TPSA) is 49.4 Å². The second-order valence-corrected chi connectivity index (χ2v) is 4.47. The van der Waals surface area contributed by atoms with Crippen molar-refractivity contribution in [3.05, 3.63) is 22.4 Å². The molecule has 1 aromatic rings. The summed E-state index contributed by atoms with van der Waals surface area (Å²) in [5.74, 6) is 0.00535. The van der Waals surface area contributed by atoms with Crippen LogP contribution in [-0.4, -0.2) is 43.3 Å². The van der Waals surface area contributed by atoms with Crippen molar-refractivity contribution < 1.29 is 9.59 Å². The van der Waals surface area contributed by atoms with Gasteiger partial charge in [-0.3, -0.25) is 14.5 Å². The van der Waals surface area contributed by atoms with Crippen LogP contribution < -0.4 is 5.32 Å². The van der Waals surface area contributed by atoms with Gasteiger partial charge in [0.1, 0.15) is 0 Å². The quantitative estimate of drug-likeness (QED) is 0.755. The van der Waals surface area contributed by atoms with Gasteiger partial charge in [0, 0.05) is 6.54 Å². The fourth-order valence-electron chi connectivity index (χ4n) is 1.31. The van der Waals surface area contributed by atoms with Crippen molar-refractivity contribution >= 4 is 23.0 Å². The molecule has 1 aromatic heterocycles. The molecule has 1 heterocycles. The van der Waals surface area contributed by atoms with Gasteiger partial charge >= 0.3 is 0 Å². The third-order valence-corrected chi connectivity index (χ3v) is 2.91. The molecule has 0 saturated heterocycles. The molecule has 4 nitrogen and oxygen atoms in total. The van der Waals surface area contributed by atoms with E-state index in [0.717, 1.165) is 4.88 Å². The number of likely N-dealkylation sites (N-methyl/N-ethyl adjacent to an activating group) is 2. The maximum Gasteiger partial charge on any atom is 0.234 e. The molecule has 0 aliphatic rings. The first kappa shape index (κ1) is 12.9. The molecule has 1 rings (SSSR count). The largest absolute Gasteiger partial charge is 0.355 e. The zero-order valence-corrected chi connectivity index (χ0v) is 10.3. The first-order chi connectivity index (χ1) is 7.63. The Hall–Kier alpha value is -1.20. The fraction of sp³-hybridized carbons (Fsp3) is 0.455. The first-order valence-electron chi connectivity index (χ1n) is 5.15. The Balaban J connectivity index is 2.37. The smallest absolute Gasteiger partial charge is 0.234 e. The normalized spacial score (nSPS) is 10.4. The van der Waals surface area contributed by atoms with Gasteiger partial charge in [-0.2, -0.15) is 0 Å². The molecule has 0 radical (unpaired) electrons. The summed E-state index contributed by atoms with van der Waals surface area (Å²) < 4.78 is 0. The lowest BCUT2D eigenvalue weighted by atomic mass is 10.3. The first-order valence-corrected chi connectivity index (χ1v) is 6.03. The number of amides is 1. The highest BCUT2D eigenvalue weighted by atomic mass is 32.1. The van der Waals surface area contributed by atoms with E-state index in [2.05, 4.69) is 5.32 Å². The molecule has 5 heteroatoms. The van der Waals surface area contributed by atoms with Gasteiger partial charge < -0.3 is 5.32 Å². The van der Waals surface area contributed by atoms with Crippen LogP contribution in [0.4, 0.5) is 0 Å². The predicted octanol–water partition coefficient (Wildman–Crippen LogP) is 0.999. The second-order valence-electron chi connectivity index (χ2n) is 3.53. The van der Waals surface area contributed by atoms with Gasteiger partial charge in [-0.25, -0.2) is 0 Å². The van der Waals surface area contributed by atoms with Gasteiger partial charge in [-0.05, 0) is 25.4 Å². The summed E-state index contributed by atoms with van der Waals surface area (Å²) in [6.07, 6.45) is 0. The van der Waals surface area contributed by atoms with E-state index in [-0.39, 0.29) is 24.8 Å². The summed E-state index contributed by atoms with van der Waals surface area (Å²) in [7, 11) is 1.76.